The highest BCUT2D eigenvalue weighted by molar-refractivity contribution is 5.93. The SMILES string of the molecule is C=CCOc1ccc(C[C@H](NC(C)=O)C(=O)N[C@@H](CCCCNC(=O)OC(C)(C)C)C(=O)N[C@@H](CCCCc2ccccc2)C(=O)O)cc1. The third kappa shape index (κ3) is 17.2. The first-order valence-electron chi connectivity index (χ1n) is 16.7. The fourth-order valence-corrected chi connectivity index (χ4v) is 4.94. The Balaban J connectivity index is 2.11. The van der Waals surface area contributed by atoms with E-state index in [0.717, 1.165) is 24.0 Å². The molecule has 0 aromatic heterocycles. The third-order valence-corrected chi connectivity index (χ3v) is 7.31. The number of alkyl carbamates (subject to hydrolysis) is 1. The van der Waals surface area contributed by atoms with Gasteiger partial charge in [0.1, 0.15) is 36.1 Å². The molecule has 268 valence electrons. The number of ether oxygens (including phenoxy) is 2. The number of carbonyl (C=O) groups is 5. The highest BCUT2D eigenvalue weighted by Crippen LogP contribution is 2.15. The summed E-state index contributed by atoms with van der Waals surface area (Å²) in [7, 11) is 0. The predicted octanol–water partition coefficient (Wildman–Crippen LogP) is 4.46. The monoisotopic (exact) mass is 680 g/mol. The largest absolute Gasteiger partial charge is 0.490 e. The van der Waals surface area contributed by atoms with Crippen LogP contribution in [0, 0.1) is 0 Å². The molecule has 0 saturated heterocycles. The number of carbonyl (C=O) groups excluding carboxylic acids is 4. The number of nitrogens with one attached hydrogen (secondary N) is 4. The summed E-state index contributed by atoms with van der Waals surface area (Å²) in [6.07, 6.45) is 4.56. The van der Waals surface area contributed by atoms with E-state index in [1.54, 1.807) is 51.1 Å². The van der Waals surface area contributed by atoms with Crippen molar-refractivity contribution in [3.8, 4) is 5.75 Å². The molecule has 12 nitrogen and oxygen atoms in total. The van der Waals surface area contributed by atoms with Crippen LogP contribution < -0.4 is 26.0 Å². The van der Waals surface area contributed by atoms with Gasteiger partial charge in [-0.25, -0.2) is 9.59 Å². The lowest BCUT2D eigenvalue weighted by atomic mass is 10.0. The van der Waals surface area contributed by atoms with Crippen LogP contribution in [0.2, 0.25) is 0 Å². The molecule has 12 heteroatoms. The Bertz CT molecular complexity index is 1360. The molecule has 0 radical (unpaired) electrons. The minimum Gasteiger partial charge on any atom is -0.490 e. The molecule has 0 aliphatic carbocycles. The first-order valence-corrected chi connectivity index (χ1v) is 16.7. The molecule has 2 aromatic carbocycles. The molecule has 2 aromatic rings. The average Bonchev–Trinajstić information content (AvgIpc) is 3.04. The Morgan fingerprint density at radius 2 is 1.41 bits per heavy atom. The standard InChI is InChI=1S/C37H52N4O8/c1-6-24-48-29-21-19-28(20-22-29)25-32(39-26(2)42)34(44)40-30(17-12-13-23-38-36(47)49-37(3,4)5)33(43)41-31(35(45)46)18-11-10-16-27-14-8-7-9-15-27/h6-9,14-15,19-22,30-32H,1,10-13,16-18,23-25H2,2-5H3,(H,38,47)(H,39,42)(H,40,44)(H,41,43)(H,45,46)/t30-,31-,32-/m0/s1. The molecule has 0 heterocycles. The van der Waals surface area contributed by atoms with Crippen LogP contribution in [0.25, 0.3) is 0 Å². The normalized spacial score (nSPS) is 12.8. The predicted molar refractivity (Wildman–Crippen MR) is 187 cm³/mol. The number of carboxylic acid groups (broad SMARTS) is 1. The van der Waals surface area contributed by atoms with Crippen molar-refractivity contribution in [1.82, 2.24) is 21.3 Å². The molecule has 0 aliphatic rings. The zero-order valence-corrected chi connectivity index (χ0v) is 29.1. The maximum absolute atomic E-state index is 13.6. The van der Waals surface area contributed by atoms with Gasteiger partial charge in [-0.1, -0.05) is 61.5 Å². The highest BCUT2D eigenvalue weighted by atomic mass is 16.6. The molecular weight excluding hydrogens is 628 g/mol. The smallest absolute Gasteiger partial charge is 0.407 e. The fraction of sp³-hybridized carbons (Fsp3) is 0.486. The van der Waals surface area contributed by atoms with E-state index in [4.69, 9.17) is 9.47 Å². The van der Waals surface area contributed by atoms with E-state index in [0.29, 0.717) is 31.6 Å². The highest BCUT2D eigenvalue weighted by Gasteiger charge is 2.29. The molecular formula is C37H52N4O8. The van der Waals surface area contributed by atoms with Crippen molar-refractivity contribution in [1.29, 1.82) is 0 Å². The van der Waals surface area contributed by atoms with Crippen LogP contribution >= 0.6 is 0 Å². The second-order valence-electron chi connectivity index (χ2n) is 12.8. The van der Waals surface area contributed by atoms with E-state index in [1.165, 1.54) is 6.92 Å². The van der Waals surface area contributed by atoms with Crippen molar-refractivity contribution in [3.63, 3.8) is 0 Å². The molecule has 5 N–H and O–H groups in total. The second kappa shape index (κ2) is 21.2. The maximum Gasteiger partial charge on any atom is 0.407 e. The quantitative estimate of drug-likeness (QED) is 0.0950. The zero-order valence-electron chi connectivity index (χ0n) is 29.1. The van der Waals surface area contributed by atoms with Crippen LogP contribution in [-0.2, 0) is 36.8 Å². The van der Waals surface area contributed by atoms with Crippen LogP contribution in [0.1, 0.15) is 77.3 Å². The summed E-state index contributed by atoms with van der Waals surface area (Å²) in [6.45, 7) is 10.8. The minimum atomic E-state index is -1.17. The molecule has 0 unspecified atom stereocenters. The molecule has 0 fully saturated rings. The van der Waals surface area contributed by atoms with Gasteiger partial charge in [-0.05, 0) is 82.6 Å². The van der Waals surface area contributed by atoms with Gasteiger partial charge in [0.15, 0.2) is 0 Å². The summed E-state index contributed by atoms with van der Waals surface area (Å²) in [6, 6.07) is 13.6. The van der Waals surface area contributed by atoms with Gasteiger partial charge in [0, 0.05) is 19.9 Å². The van der Waals surface area contributed by atoms with E-state index >= 15 is 0 Å². The molecule has 49 heavy (non-hydrogen) atoms. The number of aryl methyl sites for hydroxylation is 1. The van der Waals surface area contributed by atoms with Gasteiger partial charge < -0.3 is 35.8 Å². The fourth-order valence-electron chi connectivity index (χ4n) is 4.94. The number of hydrogen-bond donors (Lipinski definition) is 5. The summed E-state index contributed by atoms with van der Waals surface area (Å²) >= 11 is 0. The van der Waals surface area contributed by atoms with Gasteiger partial charge in [-0.15, -0.1) is 0 Å². The number of carboxylic acids is 1. The van der Waals surface area contributed by atoms with Crippen LogP contribution in [0.5, 0.6) is 5.75 Å². The number of hydrogen-bond acceptors (Lipinski definition) is 7. The number of aliphatic carboxylic acids is 1. The molecule has 0 saturated carbocycles. The van der Waals surface area contributed by atoms with E-state index in [2.05, 4.69) is 27.8 Å². The van der Waals surface area contributed by atoms with Gasteiger partial charge in [-0.2, -0.15) is 0 Å². The molecule has 2 rings (SSSR count). The van der Waals surface area contributed by atoms with Gasteiger partial charge >= 0.3 is 12.1 Å². The Morgan fingerprint density at radius 3 is 2.02 bits per heavy atom. The van der Waals surface area contributed by atoms with E-state index in [9.17, 15) is 29.1 Å². The first kappa shape index (κ1) is 40.3. The van der Waals surface area contributed by atoms with Gasteiger partial charge in [0.2, 0.25) is 17.7 Å². The molecule has 0 spiro atoms. The van der Waals surface area contributed by atoms with E-state index in [1.807, 2.05) is 30.3 Å². The summed E-state index contributed by atoms with van der Waals surface area (Å²) in [4.78, 5) is 63.2. The van der Waals surface area contributed by atoms with Crippen molar-refractivity contribution >= 4 is 29.8 Å². The number of unbranched alkanes of at least 4 members (excludes halogenated alkanes) is 2. The Labute approximate surface area is 289 Å². The molecule has 4 amide bonds. The van der Waals surface area contributed by atoms with Crippen molar-refractivity contribution in [2.45, 2.75) is 103 Å². The van der Waals surface area contributed by atoms with Crippen molar-refractivity contribution < 1.29 is 38.6 Å². The summed E-state index contributed by atoms with van der Waals surface area (Å²) in [5.41, 5.74) is 1.24. The molecule has 0 bridgehead atoms. The van der Waals surface area contributed by atoms with E-state index < -0.39 is 53.5 Å². The first-order chi connectivity index (χ1) is 23.3. The van der Waals surface area contributed by atoms with Gasteiger partial charge in [0.25, 0.3) is 0 Å². The van der Waals surface area contributed by atoms with Crippen LogP contribution in [0.15, 0.2) is 67.3 Å². The lowest BCUT2D eigenvalue weighted by Crippen LogP contribution is -2.56. The minimum absolute atomic E-state index is 0.139. The Kier molecular flexibility index (Phi) is 17.4. The van der Waals surface area contributed by atoms with Crippen molar-refractivity contribution in [2.24, 2.45) is 0 Å². The van der Waals surface area contributed by atoms with Gasteiger partial charge in [0.05, 0.1) is 0 Å². The topological polar surface area (TPSA) is 172 Å². The molecule has 0 aliphatic heterocycles. The third-order valence-electron chi connectivity index (χ3n) is 7.31. The summed E-state index contributed by atoms with van der Waals surface area (Å²) in [5, 5.41) is 20.5. The number of amides is 4. The van der Waals surface area contributed by atoms with Crippen molar-refractivity contribution in [3.05, 3.63) is 78.4 Å². The van der Waals surface area contributed by atoms with Crippen LogP contribution in [0.3, 0.4) is 0 Å². The Hall–Kier alpha value is -4.87. The Morgan fingerprint density at radius 1 is 0.796 bits per heavy atom. The average molecular weight is 681 g/mol. The summed E-state index contributed by atoms with van der Waals surface area (Å²) < 4.78 is 10.8. The van der Waals surface area contributed by atoms with Crippen LogP contribution in [0.4, 0.5) is 4.79 Å². The number of rotatable bonds is 21. The van der Waals surface area contributed by atoms with E-state index in [-0.39, 0.29) is 25.8 Å². The van der Waals surface area contributed by atoms with Crippen LogP contribution in [-0.4, -0.2) is 71.8 Å². The zero-order chi connectivity index (χ0) is 36.2. The second-order valence-corrected chi connectivity index (χ2v) is 12.8. The maximum atomic E-state index is 13.6. The molecule has 3 atom stereocenters. The lowest BCUT2D eigenvalue weighted by Gasteiger charge is -2.25. The number of benzene rings is 2. The van der Waals surface area contributed by atoms with Gasteiger partial charge in [-0.3, -0.25) is 14.4 Å². The van der Waals surface area contributed by atoms with Crippen molar-refractivity contribution in [2.75, 3.05) is 13.2 Å². The lowest BCUT2D eigenvalue weighted by molar-refractivity contribution is -0.142. The summed E-state index contributed by atoms with van der Waals surface area (Å²) in [5.74, 6) is -2.22.